The number of nitrogens with zero attached hydrogens (tertiary/aromatic N) is 4. The fourth-order valence-corrected chi connectivity index (χ4v) is 3.35. The Hall–Kier alpha value is -1.30. The zero-order chi connectivity index (χ0) is 17.5. The summed E-state index contributed by atoms with van der Waals surface area (Å²) in [6.07, 6.45) is 4.97. The first-order chi connectivity index (χ1) is 11.5. The quantitative estimate of drug-likeness (QED) is 0.585. The molecule has 0 aromatic heterocycles. The molecule has 0 bridgehead atoms. The number of hydrogen-bond donors (Lipinski definition) is 1. The first-order valence-electron chi connectivity index (χ1n) is 9.48. The molecule has 6 nitrogen and oxygen atoms in total. The molecular formula is C18H35N5O. The number of aliphatic imine (C=N–C) groups is 1. The second-order valence-corrected chi connectivity index (χ2v) is 7.49. The molecule has 1 amide bonds. The lowest BCUT2D eigenvalue weighted by molar-refractivity contribution is -0.127. The maximum atomic E-state index is 11.9. The van der Waals surface area contributed by atoms with E-state index in [4.69, 9.17) is 0 Å². The van der Waals surface area contributed by atoms with Gasteiger partial charge in [-0.1, -0.05) is 6.92 Å². The highest BCUT2D eigenvalue weighted by Gasteiger charge is 2.28. The third-order valence-electron chi connectivity index (χ3n) is 5.15. The van der Waals surface area contributed by atoms with Crippen LogP contribution in [0.5, 0.6) is 0 Å². The van der Waals surface area contributed by atoms with Crippen molar-refractivity contribution in [3.05, 3.63) is 0 Å². The highest BCUT2D eigenvalue weighted by atomic mass is 16.2. The van der Waals surface area contributed by atoms with E-state index in [-0.39, 0.29) is 12.5 Å². The molecule has 138 valence electrons. The molecule has 0 aliphatic carbocycles. The molecule has 2 saturated heterocycles. The summed E-state index contributed by atoms with van der Waals surface area (Å²) in [6, 6.07) is 0.371. The number of likely N-dealkylation sites (N-methyl/N-ethyl adjacent to an activating group) is 1. The van der Waals surface area contributed by atoms with E-state index in [1.807, 2.05) is 0 Å². The van der Waals surface area contributed by atoms with Crippen molar-refractivity contribution in [2.24, 2.45) is 10.9 Å². The maximum absolute atomic E-state index is 11.9. The highest BCUT2D eigenvalue weighted by Crippen LogP contribution is 2.20. The number of likely N-dealkylation sites (tertiary alicyclic amines) is 2. The van der Waals surface area contributed by atoms with Gasteiger partial charge >= 0.3 is 0 Å². The Balaban J connectivity index is 1.93. The van der Waals surface area contributed by atoms with E-state index in [9.17, 15) is 4.79 Å². The number of guanidine groups is 1. The Morgan fingerprint density at radius 3 is 2.62 bits per heavy atom. The van der Waals surface area contributed by atoms with Gasteiger partial charge in [-0.25, -0.2) is 4.99 Å². The van der Waals surface area contributed by atoms with E-state index < -0.39 is 0 Å². The second kappa shape index (κ2) is 9.25. The van der Waals surface area contributed by atoms with E-state index in [1.54, 1.807) is 19.0 Å². The van der Waals surface area contributed by atoms with Gasteiger partial charge in [0.25, 0.3) is 0 Å². The van der Waals surface area contributed by atoms with Crippen LogP contribution in [-0.2, 0) is 4.79 Å². The lowest BCUT2D eigenvalue weighted by Gasteiger charge is -2.26. The minimum absolute atomic E-state index is 0.0475. The van der Waals surface area contributed by atoms with Gasteiger partial charge in [-0.3, -0.25) is 4.79 Å². The molecule has 0 radical (unpaired) electrons. The third kappa shape index (κ3) is 5.65. The monoisotopic (exact) mass is 337 g/mol. The number of rotatable bonds is 6. The number of hydrogen-bond acceptors (Lipinski definition) is 3. The van der Waals surface area contributed by atoms with Gasteiger partial charge in [0.05, 0.1) is 0 Å². The first-order valence-corrected chi connectivity index (χ1v) is 9.48. The second-order valence-electron chi connectivity index (χ2n) is 7.49. The highest BCUT2D eigenvalue weighted by molar-refractivity contribution is 5.85. The number of amides is 1. The van der Waals surface area contributed by atoms with Crippen LogP contribution >= 0.6 is 0 Å². The summed E-state index contributed by atoms with van der Waals surface area (Å²) in [6.45, 7) is 10.4. The fourth-order valence-electron chi connectivity index (χ4n) is 3.35. The van der Waals surface area contributed by atoms with Gasteiger partial charge in [-0.15, -0.1) is 0 Å². The molecule has 6 heteroatoms. The van der Waals surface area contributed by atoms with Crippen LogP contribution in [0.4, 0.5) is 0 Å². The number of nitrogens with one attached hydrogen (secondary N) is 1. The number of carbonyl (C=O) groups excluding carboxylic acids is 1. The van der Waals surface area contributed by atoms with Gasteiger partial charge in [0.15, 0.2) is 5.96 Å². The summed E-state index contributed by atoms with van der Waals surface area (Å²) < 4.78 is 0. The summed E-state index contributed by atoms with van der Waals surface area (Å²) in [5, 5.41) is 3.51. The van der Waals surface area contributed by atoms with E-state index in [2.05, 4.69) is 34.0 Å². The average Bonchev–Trinajstić information content (AvgIpc) is 3.23. The molecule has 1 N–H and O–H groups in total. The van der Waals surface area contributed by atoms with Gasteiger partial charge in [0.2, 0.25) is 5.91 Å². The normalized spacial score (nSPS) is 23.6. The Morgan fingerprint density at radius 2 is 2.00 bits per heavy atom. The lowest BCUT2D eigenvalue weighted by Crippen LogP contribution is -2.45. The van der Waals surface area contributed by atoms with Gasteiger partial charge in [0.1, 0.15) is 6.54 Å². The molecule has 24 heavy (non-hydrogen) atoms. The van der Waals surface area contributed by atoms with Crippen LogP contribution in [-0.4, -0.2) is 86.0 Å². The van der Waals surface area contributed by atoms with E-state index in [0.29, 0.717) is 6.04 Å². The smallest absolute Gasteiger partial charge is 0.243 e. The van der Waals surface area contributed by atoms with Crippen LogP contribution in [0.2, 0.25) is 0 Å². The van der Waals surface area contributed by atoms with Crippen LogP contribution in [0.25, 0.3) is 0 Å². The summed E-state index contributed by atoms with van der Waals surface area (Å²) in [5.74, 6) is 1.67. The fraction of sp³-hybridized carbons (Fsp3) is 0.889. The molecule has 2 rings (SSSR count). The van der Waals surface area contributed by atoms with Crippen molar-refractivity contribution in [1.82, 2.24) is 20.0 Å². The van der Waals surface area contributed by atoms with Gasteiger partial charge in [0, 0.05) is 39.8 Å². The largest absolute Gasteiger partial charge is 0.354 e. The summed E-state index contributed by atoms with van der Waals surface area (Å²) in [4.78, 5) is 23.0. The molecule has 0 saturated carbocycles. The standard InChI is InChI=1S/C18H35N5O/c1-5-15(2)20-18(19-12-17(24)21(3)4)23-11-8-16(14-23)13-22-9-6-7-10-22/h15-16H,5-14H2,1-4H3,(H,19,20). The molecule has 0 aromatic rings. The van der Waals surface area contributed by atoms with Crippen LogP contribution < -0.4 is 5.32 Å². The van der Waals surface area contributed by atoms with Gasteiger partial charge in [-0.05, 0) is 51.6 Å². The van der Waals surface area contributed by atoms with Crippen molar-refractivity contribution < 1.29 is 4.79 Å². The van der Waals surface area contributed by atoms with Crippen molar-refractivity contribution in [2.45, 2.75) is 45.6 Å². The molecule has 2 unspecified atom stereocenters. The van der Waals surface area contributed by atoms with Gasteiger partial charge < -0.3 is 20.0 Å². The maximum Gasteiger partial charge on any atom is 0.243 e. The Bertz CT molecular complexity index is 431. The van der Waals surface area contributed by atoms with Gasteiger partial charge in [-0.2, -0.15) is 0 Å². The van der Waals surface area contributed by atoms with Crippen molar-refractivity contribution in [3.63, 3.8) is 0 Å². The molecular weight excluding hydrogens is 302 g/mol. The first kappa shape index (κ1) is 19.0. The van der Waals surface area contributed by atoms with Crippen LogP contribution in [0.1, 0.15) is 39.5 Å². The third-order valence-corrected chi connectivity index (χ3v) is 5.15. The predicted molar refractivity (Wildman–Crippen MR) is 99.2 cm³/mol. The molecule has 2 atom stereocenters. The molecule has 2 fully saturated rings. The average molecular weight is 338 g/mol. The number of carbonyl (C=O) groups is 1. The SMILES string of the molecule is CCC(C)NC(=NCC(=O)N(C)C)N1CCC(CN2CCCC2)C1. The van der Waals surface area contributed by atoms with E-state index >= 15 is 0 Å². The minimum Gasteiger partial charge on any atom is -0.354 e. The Labute approximate surface area is 147 Å². The topological polar surface area (TPSA) is 51.2 Å². The molecule has 2 aliphatic heterocycles. The van der Waals surface area contributed by atoms with Crippen molar-refractivity contribution >= 4 is 11.9 Å². The molecule has 0 spiro atoms. The van der Waals surface area contributed by atoms with Crippen LogP contribution in [0.15, 0.2) is 4.99 Å². The van der Waals surface area contributed by atoms with Crippen molar-refractivity contribution in [3.8, 4) is 0 Å². The molecule has 2 aliphatic rings. The molecule has 2 heterocycles. The van der Waals surface area contributed by atoms with E-state index in [1.165, 1.54) is 38.9 Å². The minimum atomic E-state index is 0.0475. The van der Waals surface area contributed by atoms with Crippen LogP contribution in [0, 0.1) is 5.92 Å². The summed E-state index contributed by atoms with van der Waals surface area (Å²) in [5.41, 5.74) is 0. The Morgan fingerprint density at radius 1 is 1.29 bits per heavy atom. The molecule has 0 aromatic carbocycles. The van der Waals surface area contributed by atoms with Crippen LogP contribution in [0.3, 0.4) is 0 Å². The zero-order valence-corrected chi connectivity index (χ0v) is 15.9. The van der Waals surface area contributed by atoms with E-state index in [0.717, 1.165) is 31.4 Å². The predicted octanol–water partition coefficient (Wildman–Crippen LogP) is 1.24. The van der Waals surface area contributed by atoms with Crippen molar-refractivity contribution in [2.75, 3.05) is 53.4 Å². The summed E-state index contributed by atoms with van der Waals surface area (Å²) >= 11 is 0. The summed E-state index contributed by atoms with van der Waals surface area (Å²) in [7, 11) is 3.56. The zero-order valence-electron chi connectivity index (χ0n) is 15.9. The lowest BCUT2D eigenvalue weighted by atomic mass is 10.1. The van der Waals surface area contributed by atoms with Crippen molar-refractivity contribution in [1.29, 1.82) is 0 Å². The Kier molecular flexibility index (Phi) is 7.34.